The van der Waals surface area contributed by atoms with Crippen molar-refractivity contribution in [3.63, 3.8) is 0 Å². The molecule has 3 rings (SSSR count). The van der Waals surface area contributed by atoms with Gasteiger partial charge in [-0.1, -0.05) is 6.07 Å². The zero-order valence-electron chi connectivity index (χ0n) is 12.3. The zero-order chi connectivity index (χ0) is 16.3. The molecule has 0 atom stereocenters. The van der Waals surface area contributed by atoms with E-state index in [-0.39, 0.29) is 6.54 Å². The summed E-state index contributed by atoms with van der Waals surface area (Å²) in [5.41, 5.74) is 0.584. The van der Waals surface area contributed by atoms with Gasteiger partial charge in [-0.15, -0.1) is 21.5 Å². The Morgan fingerprint density at radius 3 is 2.78 bits per heavy atom. The molecule has 0 radical (unpaired) electrons. The second-order valence-electron chi connectivity index (χ2n) is 4.73. The maximum absolute atomic E-state index is 12.1. The number of hydrogen-bond acceptors (Lipinski definition) is 7. The summed E-state index contributed by atoms with van der Waals surface area (Å²) in [7, 11) is -3.49. The molecule has 3 aromatic heterocycles. The Morgan fingerprint density at radius 1 is 1.22 bits per heavy atom. The fourth-order valence-electron chi connectivity index (χ4n) is 1.87. The summed E-state index contributed by atoms with van der Waals surface area (Å²) in [6.45, 7) is 2.05. The van der Waals surface area contributed by atoms with Gasteiger partial charge in [0.15, 0.2) is 0 Å². The molecule has 0 saturated carbocycles. The average Bonchev–Trinajstić information content (AvgIpc) is 3.17. The summed E-state index contributed by atoms with van der Waals surface area (Å²) >= 11 is 1.23. The quantitative estimate of drug-likeness (QED) is 0.730. The Hall–Kier alpha value is -2.10. The molecule has 0 aliphatic carbocycles. The predicted octanol–water partition coefficient (Wildman–Crippen LogP) is 2.02. The first-order valence-corrected chi connectivity index (χ1v) is 9.14. The van der Waals surface area contributed by atoms with Crippen molar-refractivity contribution in [2.45, 2.75) is 17.6 Å². The van der Waals surface area contributed by atoms with Gasteiger partial charge in [-0.3, -0.25) is 4.98 Å². The van der Waals surface area contributed by atoms with Gasteiger partial charge in [0.1, 0.15) is 9.90 Å². The molecule has 120 valence electrons. The molecule has 0 amide bonds. The van der Waals surface area contributed by atoms with Crippen molar-refractivity contribution in [1.82, 2.24) is 19.9 Å². The molecule has 9 heteroatoms. The van der Waals surface area contributed by atoms with Gasteiger partial charge in [-0.2, -0.15) is 0 Å². The molecule has 3 heterocycles. The van der Waals surface area contributed by atoms with Crippen LogP contribution in [-0.2, 0) is 16.4 Å². The van der Waals surface area contributed by atoms with E-state index in [2.05, 4.69) is 19.9 Å². The first-order valence-electron chi connectivity index (χ1n) is 6.84. The number of aromatic nitrogens is 3. The number of nitrogens with zero attached hydrogens (tertiary/aromatic N) is 3. The van der Waals surface area contributed by atoms with E-state index in [9.17, 15) is 8.42 Å². The van der Waals surface area contributed by atoms with Gasteiger partial charge in [0, 0.05) is 24.0 Å². The van der Waals surface area contributed by atoms with E-state index < -0.39 is 10.0 Å². The van der Waals surface area contributed by atoms with E-state index in [1.165, 1.54) is 11.3 Å². The fourth-order valence-corrected chi connectivity index (χ4v) is 4.23. The van der Waals surface area contributed by atoms with Crippen LogP contribution in [0.25, 0.3) is 11.6 Å². The molecule has 1 N–H and O–H groups in total. The third-order valence-corrected chi connectivity index (χ3v) is 5.92. The summed E-state index contributed by atoms with van der Waals surface area (Å²) in [5, 5.41) is 7.81. The number of nitrogens with one attached hydrogen (secondary N) is 1. The van der Waals surface area contributed by atoms with E-state index in [1.807, 2.05) is 13.0 Å². The van der Waals surface area contributed by atoms with Gasteiger partial charge in [-0.05, 0) is 31.2 Å². The van der Waals surface area contributed by atoms with Gasteiger partial charge in [-0.25, -0.2) is 13.1 Å². The number of hydrogen-bond donors (Lipinski definition) is 1. The van der Waals surface area contributed by atoms with Crippen LogP contribution in [0.4, 0.5) is 0 Å². The topological polar surface area (TPSA) is 98.0 Å². The molecule has 0 aliphatic rings. The van der Waals surface area contributed by atoms with Gasteiger partial charge in [0.25, 0.3) is 5.89 Å². The lowest BCUT2D eigenvalue weighted by molar-refractivity contribution is 0.500. The molecule has 7 nitrogen and oxygen atoms in total. The van der Waals surface area contributed by atoms with Crippen molar-refractivity contribution in [2.75, 3.05) is 6.54 Å². The Labute approximate surface area is 137 Å². The molecule has 0 saturated heterocycles. The van der Waals surface area contributed by atoms with Crippen molar-refractivity contribution in [1.29, 1.82) is 0 Å². The maximum Gasteiger partial charge on any atom is 0.266 e. The normalized spacial score (nSPS) is 11.7. The highest BCUT2D eigenvalue weighted by molar-refractivity contribution is 7.91. The standard InChI is InChI=1S/C14H14N4O3S2/c1-10-5-6-13(22-10)23(19,20)16-9-7-12-17-18-14(21-12)11-4-2-3-8-15-11/h2-6,8,16H,7,9H2,1H3. The monoisotopic (exact) mass is 350 g/mol. The molecule has 0 unspecified atom stereocenters. The third-order valence-electron chi connectivity index (χ3n) is 2.96. The number of thiophene rings is 1. The van der Waals surface area contributed by atoms with Crippen molar-refractivity contribution in [3.8, 4) is 11.6 Å². The van der Waals surface area contributed by atoms with Gasteiger partial charge in [0.2, 0.25) is 15.9 Å². The largest absolute Gasteiger partial charge is 0.419 e. The van der Waals surface area contributed by atoms with Crippen LogP contribution in [0, 0.1) is 6.92 Å². The van der Waals surface area contributed by atoms with Gasteiger partial charge < -0.3 is 4.42 Å². The van der Waals surface area contributed by atoms with E-state index in [4.69, 9.17) is 4.42 Å². The van der Waals surface area contributed by atoms with Gasteiger partial charge >= 0.3 is 0 Å². The van der Waals surface area contributed by atoms with Crippen LogP contribution in [0.15, 0.2) is 45.2 Å². The second kappa shape index (κ2) is 6.57. The Balaban J connectivity index is 1.60. The van der Waals surface area contributed by atoms with E-state index in [1.54, 1.807) is 30.5 Å². The molecule has 23 heavy (non-hydrogen) atoms. The lowest BCUT2D eigenvalue weighted by Crippen LogP contribution is -2.25. The second-order valence-corrected chi connectivity index (χ2v) is 8.01. The van der Waals surface area contributed by atoms with Crippen molar-refractivity contribution >= 4 is 21.4 Å². The highest BCUT2D eigenvalue weighted by Gasteiger charge is 2.16. The van der Waals surface area contributed by atoms with Crippen molar-refractivity contribution in [2.24, 2.45) is 0 Å². The average molecular weight is 350 g/mol. The van der Waals surface area contributed by atoms with E-state index in [0.717, 1.165) is 4.88 Å². The number of pyridine rings is 1. The van der Waals surface area contributed by atoms with Crippen LogP contribution < -0.4 is 4.72 Å². The fraction of sp³-hybridized carbons (Fsp3) is 0.214. The number of sulfonamides is 1. The Kier molecular flexibility index (Phi) is 4.51. The van der Waals surface area contributed by atoms with E-state index >= 15 is 0 Å². The van der Waals surface area contributed by atoms with Gasteiger partial charge in [0.05, 0.1) is 0 Å². The molecular weight excluding hydrogens is 336 g/mol. The minimum atomic E-state index is -3.49. The molecule has 3 aromatic rings. The summed E-state index contributed by atoms with van der Waals surface area (Å²) < 4.78 is 32.5. The number of aryl methyl sites for hydroxylation is 1. The van der Waals surface area contributed by atoms with Crippen LogP contribution in [0.3, 0.4) is 0 Å². The molecule has 0 bridgehead atoms. The first-order chi connectivity index (χ1) is 11.0. The Bertz CT molecular complexity index is 888. The molecule has 0 spiro atoms. The van der Waals surface area contributed by atoms with E-state index in [0.29, 0.717) is 28.1 Å². The highest BCUT2D eigenvalue weighted by atomic mass is 32.2. The summed E-state index contributed by atoms with van der Waals surface area (Å²) in [6, 6.07) is 8.74. The van der Waals surface area contributed by atoms with Crippen molar-refractivity contribution < 1.29 is 12.8 Å². The van der Waals surface area contributed by atoms with Crippen LogP contribution >= 0.6 is 11.3 Å². The van der Waals surface area contributed by atoms with Crippen LogP contribution in [0.2, 0.25) is 0 Å². The van der Waals surface area contributed by atoms with Crippen molar-refractivity contribution in [3.05, 3.63) is 47.3 Å². The third kappa shape index (κ3) is 3.81. The smallest absolute Gasteiger partial charge is 0.266 e. The zero-order valence-corrected chi connectivity index (χ0v) is 13.9. The molecule has 0 aliphatic heterocycles. The number of rotatable bonds is 6. The highest BCUT2D eigenvalue weighted by Crippen LogP contribution is 2.20. The lowest BCUT2D eigenvalue weighted by atomic mass is 10.3. The molecule has 0 aromatic carbocycles. The summed E-state index contributed by atoms with van der Waals surface area (Å²) in [5.74, 6) is 0.674. The summed E-state index contributed by atoms with van der Waals surface area (Å²) in [6.07, 6.45) is 1.94. The maximum atomic E-state index is 12.1. The Morgan fingerprint density at radius 2 is 2.09 bits per heavy atom. The van der Waals surface area contributed by atoms with Crippen LogP contribution in [-0.4, -0.2) is 30.1 Å². The predicted molar refractivity (Wildman–Crippen MR) is 85.5 cm³/mol. The van der Waals surface area contributed by atoms with Crippen LogP contribution in [0.1, 0.15) is 10.8 Å². The molecular formula is C14H14N4O3S2. The minimum Gasteiger partial charge on any atom is -0.419 e. The lowest BCUT2D eigenvalue weighted by Gasteiger charge is -2.02. The SMILES string of the molecule is Cc1ccc(S(=O)(=O)NCCc2nnc(-c3ccccn3)o2)s1. The molecule has 0 fully saturated rings. The first kappa shape index (κ1) is 15.8. The summed E-state index contributed by atoms with van der Waals surface area (Å²) in [4.78, 5) is 5.06. The van der Waals surface area contributed by atoms with Crippen LogP contribution in [0.5, 0.6) is 0 Å². The minimum absolute atomic E-state index is 0.184.